The number of rotatable bonds is 11. The van der Waals surface area contributed by atoms with E-state index in [0.29, 0.717) is 17.2 Å². The fourth-order valence-electron chi connectivity index (χ4n) is 4.91. The molecule has 2 aliphatic heterocycles. The first-order chi connectivity index (χ1) is 20.4. The molecule has 0 radical (unpaired) electrons. The number of piperidine rings is 2. The number of thiophene rings is 1. The van der Waals surface area contributed by atoms with E-state index in [-0.39, 0.29) is 55.4 Å². The van der Waals surface area contributed by atoms with Crippen LogP contribution in [0, 0.1) is 5.92 Å². The second-order valence-electron chi connectivity index (χ2n) is 9.91. The minimum Gasteiger partial charge on any atom is -0.481 e. The van der Waals surface area contributed by atoms with E-state index in [1.807, 2.05) is 0 Å². The highest BCUT2D eigenvalue weighted by Crippen LogP contribution is 2.38. The van der Waals surface area contributed by atoms with Crippen LogP contribution in [0.4, 0.5) is 14.5 Å². The molecule has 2 aromatic rings. The fourth-order valence-corrected chi connectivity index (χ4v) is 7.21. The zero-order chi connectivity index (χ0) is 31.3. The van der Waals surface area contributed by atoms with Crippen LogP contribution < -0.4 is 19.7 Å². The molecule has 1 aromatic heterocycles. The number of carboxylic acid groups (broad SMARTS) is 1. The summed E-state index contributed by atoms with van der Waals surface area (Å²) in [5, 5.41) is 11.8. The third-order valence-electron chi connectivity index (χ3n) is 7.08. The highest BCUT2D eigenvalue weighted by atomic mass is 35.5. The van der Waals surface area contributed by atoms with Crippen molar-refractivity contribution in [3.05, 3.63) is 39.5 Å². The molecule has 3 N–H and O–H groups in total. The number of para-hydroxylation sites is 1. The summed E-state index contributed by atoms with van der Waals surface area (Å²) in [5.74, 6) is -4.21. The lowest BCUT2D eigenvalue weighted by Gasteiger charge is -2.33. The lowest BCUT2D eigenvalue weighted by atomic mass is 9.96. The van der Waals surface area contributed by atoms with Crippen molar-refractivity contribution in [1.82, 2.24) is 14.9 Å². The van der Waals surface area contributed by atoms with Gasteiger partial charge in [-0.1, -0.05) is 17.7 Å². The number of anilines is 1. The second-order valence-corrected chi connectivity index (χ2v) is 13.3. The molecule has 43 heavy (non-hydrogen) atoms. The number of aliphatic carboxylic acids is 1. The van der Waals surface area contributed by atoms with E-state index in [2.05, 4.69) is 14.8 Å². The van der Waals surface area contributed by atoms with Crippen LogP contribution in [0.3, 0.4) is 0 Å². The molecule has 2 aliphatic rings. The molecule has 0 spiro atoms. The van der Waals surface area contributed by atoms with Crippen LogP contribution in [0.15, 0.2) is 35.2 Å². The van der Waals surface area contributed by atoms with Gasteiger partial charge in [-0.15, -0.1) is 11.3 Å². The molecule has 0 aliphatic carbocycles. The molecule has 1 atom stereocenters. The average molecular weight is 663 g/mol. The molecule has 3 heterocycles. The van der Waals surface area contributed by atoms with Crippen LogP contribution in [0.25, 0.3) is 0 Å². The summed E-state index contributed by atoms with van der Waals surface area (Å²) in [5.41, 5.74) is -0.158. The van der Waals surface area contributed by atoms with Crippen molar-refractivity contribution in [2.75, 3.05) is 31.1 Å². The number of nitrogens with one attached hydrogen (secondary N) is 2. The average Bonchev–Trinajstić information content (AvgIpc) is 3.41. The quantitative estimate of drug-likeness (QED) is 0.331. The summed E-state index contributed by atoms with van der Waals surface area (Å²) >= 11 is 6.86. The molecule has 0 saturated carbocycles. The largest absolute Gasteiger partial charge is 0.481 e. The highest BCUT2D eigenvalue weighted by Gasteiger charge is 2.36. The van der Waals surface area contributed by atoms with Gasteiger partial charge in [0.15, 0.2) is 5.75 Å². The van der Waals surface area contributed by atoms with E-state index in [1.54, 1.807) is 0 Å². The standard InChI is InChI=1S/C26H29ClF2N4O8S2/c27-20-8-7-18(42-20)23(35)30-14-16(24(36)32-12-9-15(10-13-32)25(37)38)31-43(39,40)19-5-3-4-17(22(19)41-26(28)29)33-11-2-1-6-21(33)34/h3-5,7-8,15-16,26,31H,1-2,6,9-14H2,(H,30,35)(H,37,38). The maximum atomic E-state index is 13.7. The summed E-state index contributed by atoms with van der Waals surface area (Å²) in [6, 6.07) is 4.89. The number of carbonyl (C=O) groups is 4. The first kappa shape index (κ1) is 32.6. The molecule has 3 amide bonds. The Morgan fingerprint density at radius 3 is 2.44 bits per heavy atom. The van der Waals surface area contributed by atoms with Gasteiger partial charge in [0.1, 0.15) is 10.9 Å². The van der Waals surface area contributed by atoms with E-state index < -0.39 is 63.6 Å². The van der Waals surface area contributed by atoms with Gasteiger partial charge in [0.05, 0.1) is 20.8 Å². The first-order valence-corrected chi connectivity index (χ1v) is 16.0. The lowest BCUT2D eigenvalue weighted by Crippen LogP contribution is -2.55. The SMILES string of the molecule is O=C(NCC(NS(=O)(=O)c1cccc(N2CCCCC2=O)c1OC(F)F)C(=O)N1CCC(C(=O)O)CC1)c1ccc(Cl)s1. The number of hydrogen-bond donors (Lipinski definition) is 3. The van der Waals surface area contributed by atoms with Crippen LogP contribution in [0.1, 0.15) is 41.8 Å². The minimum atomic E-state index is -4.79. The van der Waals surface area contributed by atoms with E-state index >= 15 is 0 Å². The number of benzene rings is 1. The molecular weight excluding hydrogens is 634 g/mol. The van der Waals surface area contributed by atoms with Crippen molar-refractivity contribution in [2.24, 2.45) is 5.92 Å². The summed E-state index contributed by atoms with van der Waals surface area (Å²) in [6.45, 7) is -3.74. The number of ether oxygens (including phenoxy) is 1. The third-order valence-corrected chi connectivity index (χ3v) is 9.81. The Morgan fingerprint density at radius 2 is 1.84 bits per heavy atom. The van der Waals surface area contributed by atoms with Crippen molar-refractivity contribution >= 4 is 62.3 Å². The van der Waals surface area contributed by atoms with Gasteiger partial charge < -0.3 is 25.0 Å². The third kappa shape index (κ3) is 7.99. The molecule has 17 heteroatoms. The van der Waals surface area contributed by atoms with Crippen molar-refractivity contribution in [3.8, 4) is 5.75 Å². The molecule has 1 unspecified atom stereocenters. The Hall–Kier alpha value is -3.34. The van der Waals surface area contributed by atoms with Crippen LogP contribution in [0.5, 0.6) is 5.75 Å². The monoisotopic (exact) mass is 662 g/mol. The number of carbonyl (C=O) groups excluding carboxylic acids is 3. The molecule has 234 valence electrons. The van der Waals surface area contributed by atoms with E-state index in [1.165, 1.54) is 34.1 Å². The van der Waals surface area contributed by atoms with Gasteiger partial charge in [0, 0.05) is 32.6 Å². The summed E-state index contributed by atoms with van der Waals surface area (Å²) in [7, 11) is -4.79. The van der Waals surface area contributed by atoms with Crippen LogP contribution in [-0.4, -0.2) is 80.9 Å². The van der Waals surface area contributed by atoms with E-state index in [9.17, 15) is 41.5 Å². The summed E-state index contributed by atoms with van der Waals surface area (Å²) in [6.07, 6.45) is 1.58. The van der Waals surface area contributed by atoms with Crippen molar-refractivity contribution in [2.45, 2.75) is 49.7 Å². The van der Waals surface area contributed by atoms with Gasteiger partial charge in [-0.3, -0.25) is 19.2 Å². The Balaban J connectivity index is 1.64. The number of hydrogen-bond acceptors (Lipinski definition) is 8. The maximum Gasteiger partial charge on any atom is 0.387 e. The Kier molecular flexibility index (Phi) is 10.6. The number of likely N-dealkylation sites (tertiary alicyclic amines) is 1. The number of amides is 3. The fraction of sp³-hybridized carbons (Fsp3) is 0.462. The number of alkyl halides is 2. The molecular formula is C26H29ClF2N4O8S2. The van der Waals surface area contributed by atoms with Crippen LogP contribution in [-0.2, 0) is 24.4 Å². The van der Waals surface area contributed by atoms with Crippen LogP contribution in [0.2, 0.25) is 4.34 Å². The minimum absolute atomic E-state index is 0.0226. The summed E-state index contributed by atoms with van der Waals surface area (Å²) < 4.78 is 61.6. The zero-order valence-electron chi connectivity index (χ0n) is 22.6. The molecule has 2 fully saturated rings. The zero-order valence-corrected chi connectivity index (χ0v) is 25.0. The van der Waals surface area contributed by atoms with Crippen molar-refractivity contribution < 1.29 is 46.2 Å². The Labute approximate surface area is 255 Å². The first-order valence-electron chi connectivity index (χ1n) is 13.3. The number of nitrogens with zero attached hydrogens (tertiary/aromatic N) is 2. The second kappa shape index (κ2) is 14.0. The number of sulfonamides is 1. The predicted octanol–water partition coefficient (Wildman–Crippen LogP) is 2.92. The van der Waals surface area contributed by atoms with E-state index in [0.717, 1.165) is 17.4 Å². The van der Waals surface area contributed by atoms with Gasteiger partial charge in [0.2, 0.25) is 21.8 Å². The predicted molar refractivity (Wildman–Crippen MR) is 152 cm³/mol. The molecule has 0 bridgehead atoms. The van der Waals surface area contributed by atoms with Gasteiger partial charge in [0.25, 0.3) is 5.91 Å². The molecule has 4 rings (SSSR count). The van der Waals surface area contributed by atoms with E-state index in [4.69, 9.17) is 11.6 Å². The molecule has 2 saturated heterocycles. The number of halogens is 3. The Bertz CT molecular complexity index is 1480. The molecule has 1 aromatic carbocycles. The van der Waals surface area contributed by atoms with Gasteiger partial charge in [-0.05, 0) is 49.9 Å². The molecule has 12 nitrogen and oxygen atoms in total. The van der Waals surface area contributed by atoms with Gasteiger partial charge in [-0.25, -0.2) is 8.42 Å². The van der Waals surface area contributed by atoms with Crippen molar-refractivity contribution in [3.63, 3.8) is 0 Å². The van der Waals surface area contributed by atoms with Crippen molar-refractivity contribution in [1.29, 1.82) is 0 Å². The smallest absolute Gasteiger partial charge is 0.387 e. The maximum absolute atomic E-state index is 13.7. The van der Waals surface area contributed by atoms with Crippen LogP contribution >= 0.6 is 22.9 Å². The number of carboxylic acids is 1. The summed E-state index contributed by atoms with van der Waals surface area (Å²) in [4.78, 5) is 52.0. The normalized spacial score (nSPS) is 17.2. The van der Waals surface area contributed by atoms with Gasteiger partial charge >= 0.3 is 12.6 Å². The Morgan fingerprint density at radius 1 is 1.12 bits per heavy atom. The highest BCUT2D eigenvalue weighted by molar-refractivity contribution is 7.89. The topological polar surface area (TPSA) is 162 Å². The lowest BCUT2D eigenvalue weighted by molar-refractivity contribution is -0.146. The van der Waals surface area contributed by atoms with Gasteiger partial charge in [-0.2, -0.15) is 13.5 Å².